The zero-order valence-corrected chi connectivity index (χ0v) is 22.4. The predicted molar refractivity (Wildman–Crippen MR) is 137 cm³/mol. The molecule has 0 heterocycles. The van der Waals surface area contributed by atoms with Crippen LogP contribution in [-0.2, 0) is 13.0 Å². The fraction of sp³-hybridized carbons (Fsp3) is 0.217. The lowest BCUT2D eigenvalue weighted by molar-refractivity contribution is -0.385. The van der Waals surface area contributed by atoms with Crippen LogP contribution in [0.25, 0.3) is 0 Å². The van der Waals surface area contributed by atoms with Crippen molar-refractivity contribution in [3.63, 3.8) is 0 Å². The van der Waals surface area contributed by atoms with Crippen molar-refractivity contribution in [2.24, 2.45) is 5.41 Å². The zero-order valence-electron chi connectivity index (χ0n) is 17.6. The highest BCUT2D eigenvalue weighted by Gasteiger charge is 2.83. The van der Waals surface area contributed by atoms with E-state index in [-0.39, 0.29) is 17.1 Å². The minimum atomic E-state index is -1.11. The first-order valence-electron chi connectivity index (χ1n) is 10.3. The zero-order chi connectivity index (χ0) is 25.3. The molecule has 0 fully saturated rings. The average Bonchev–Trinajstić information content (AvgIpc) is 3.18. The molecule has 0 bridgehead atoms. The summed E-state index contributed by atoms with van der Waals surface area (Å²) in [6.45, 7) is 1.98. The molecule has 3 aliphatic carbocycles. The van der Waals surface area contributed by atoms with E-state index < -0.39 is 33.2 Å². The van der Waals surface area contributed by atoms with Gasteiger partial charge in [0.15, 0.2) is 0 Å². The number of alkyl halides is 3. The number of hydrogen-bond acceptors (Lipinski definition) is 6. The van der Waals surface area contributed by atoms with E-state index in [1.54, 1.807) is 18.2 Å². The van der Waals surface area contributed by atoms with Crippen LogP contribution >= 0.6 is 47.8 Å². The summed E-state index contributed by atoms with van der Waals surface area (Å²) in [6, 6.07) is 13.9. The predicted octanol–water partition coefficient (Wildman–Crippen LogP) is 6.67. The Morgan fingerprint density at radius 3 is 1.09 bits per heavy atom. The monoisotopic (exact) mass is 663 g/mol. The van der Waals surface area contributed by atoms with Crippen molar-refractivity contribution in [3.05, 3.63) is 118 Å². The van der Waals surface area contributed by atoms with Gasteiger partial charge < -0.3 is 0 Å². The minimum absolute atomic E-state index is 0.0818. The van der Waals surface area contributed by atoms with Crippen molar-refractivity contribution < 1.29 is 14.8 Å². The van der Waals surface area contributed by atoms with Gasteiger partial charge in [-0.3, -0.25) is 30.3 Å². The lowest BCUT2D eigenvalue weighted by Gasteiger charge is -2.45. The molecule has 12 heteroatoms. The van der Waals surface area contributed by atoms with Crippen LogP contribution in [0.4, 0.5) is 17.1 Å². The molecule has 4 unspecified atom stereocenters. The van der Waals surface area contributed by atoms with Crippen molar-refractivity contribution in [1.82, 2.24) is 0 Å². The highest BCUT2D eigenvalue weighted by Crippen LogP contribution is 2.87. The van der Waals surface area contributed by atoms with Gasteiger partial charge in [0.2, 0.25) is 0 Å². The summed E-state index contributed by atoms with van der Waals surface area (Å²) >= 11 is 11.9. The van der Waals surface area contributed by atoms with E-state index >= 15 is 0 Å². The van der Waals surface area contributed by atoms with E-state index in [1.807, 2.05) is 6.92 Å². The Bertz CT molecular complexity index is 1580. The first kappa shape index (κ1) is 22.7. The van der Waals surface area contributed by atoms with Gasteiger partial charge in [-0.15, -0.1) is 0 Å². The number of nitrogens with zero attached hydrogens (tertiary/aromatic N) is 3. The SMILES string of the molecule is CC12C3(Br)c4ccc([N+](=O)[O-])cc4C1(Br)c1ccc([N+](=O)[O-])cc1C2(Br)c1cc([N+](=O)[O-])ccc13. The van der Waals surface area contributed by atoms with Gasteiger partial charge in [0, 0.05) is 41.8 Å². The lowest BCUT2D eigenvalue weighted by atomic mass is 9.70. The molecule has 3 aromatic carbocycles. The van der Waals surface area contributed by atoms with E-state index in [9.17, 15) is 30.3 Å². The molecule has 0 spiro atoms. The number of nitro benzene ring substituents is 3. The summed E-state index contributed by atoms with van der Waals surface area (Å²) in [4.78, 5) is 33.6. The summed E-state index contributed by atoms with van der Waals surface area (Å²) < 4.78 is -3.06. The van der Waals surface area contributed by atoms with Gasteiger partial charge in [0.25, 0.3) is 17.1 Å². The van der Waals surface area contributed by atoms with Gasteiger partial charge in [-0.2, -0.15) is 0 Å². The summed E-state index contributed by atoms with van der Waals surface area (Å²) in [5.74, 6) is 0. The Morgan fingerprint density at radius 1 is 0.543 bits per heavy atom. The highest BCUT2D eigenvalue weighted by molar-refractivity contribution is 9.11. The van der Waals surface area contributed by atoms with Crippen molar-refractivity contribution in [2.75, 3.05) is 0 Å². The van der Waals surface area contributed by atoms with Gasteiger partial charge in [-0.1, -0.05) is 72.9 Å². The quantitative estimate of drug-likeness (QED) is 0.174. The fourth-order valence-corrected chi connectivity index (χ4v) is 11.1. The first-order chi connectivity index (χ1) is 16.3. The number of rotatable bonds is 3. The third kappa shape index (κ3) is 2.17. The van der Waals surface area contributed by atoms with Crippen LogP contribution in [-0.4, -0.2) is 14.8 Å². The smallest absolute Gasteiger partial charge is 0.258 e. The standard InChI is InChI=1S/C23H12Br3N3O6/c1-20-21(24)14-5-2-11(27(30)31)8-17(14)22(20,25)16-7-4-13(29(34)35)10-19(16)23(20,26)18-9-12(28(32)33)3-6-15(18)21/h2-10H,1H3. The molecule has 0 radical (unpaired) electrons. The molecule has 4 atom stereocenters. The molecule has 3 aliphatic rings. The summed E-state index contributed by atoms with van der Waals surface area (Å²) in [5.41, 5.74) is 2.85. The number of hydrogen-bond donors (Lipinski definition) is 0. The average molecular weight is 666 g/mol. The van der Waals surface area contributed by atoms with Crippen LogP contribution in [0, 0.1) is 35.8 Å². The summed E-state index contributed by atoms with van der Waals surface area (Å²) in [6.07, 6.45) is 0. The highest BCUT2D eigenvalue weighted by atomic mass is 79.9. The summed E-state index contributed by atoms with van der Waals surface area (Å²) in [7, 11) is 0. The number of benzene rings is 3. The molecular formula is C23H12Br3N3O6. The van der Waals surface area contributed by atoms with Crippen molar-refractivity contribution >= 4 is 64.9 Å². The molecule has 176 valence electrons. The topological polar surface area (TPSA) is 129 Å². The summed E-state index contributed by atoms with van der Waals surface area (Å²) in [5, 5.41) is 35.1. The molecular weight excluding hydrogens is 654 g/mol. The Balaban J connectivity index is 1.84. The van der Waals surface area contributed by atoms with Crippen LogP contribution in [0.5, 0.6) is 0 Å². The Labute approximate surface area is 222 Å². The Hall–Kier alpha value is -2.70. The number of halogens is 3. The van der Waals surface area contributed by atoms with Gasteiger partial charge in [-0.25, -0.2) is 0 Å². The Morgan fingerprint density at radius 2 is 0.800 bits per heavy atom. The van der Waals surface area contributed by atoms with Crippen molar-refractivity contribution in [3.8, 4) is 0 Å². The maximum atomic E-state index is 11.7. The molecule has 9 nitrogen and oxygen atoms in total. The van der Waals surface area contributed by atoms with Gasteiger partial charge in [0.05, 0.1) is 27.7 Å². The molecule has 0 N–H and O–H groups in total. The number of fused-ring (bicyclic) bond motifs is 9. The minimum Gasteiger partial charge on any atom is -0.258 e. The molecule has 0 amide bonds. The molecule has 0 saturated heterocycles. The lowest BCUT2D eigenvalue weighted by Crippen LogP contribution is -2.47. The molecule has 0 saturated carbocycles. The van der Waals surface area contributed by atoms with E-state index in [4.69, 9.17) is 0 Å². The van der Waals surface area contributed by atoms with Crippen molar-refractivity contribution in [2.45, 2.75) is 19.9 Å². The Kier molecular flexibility index (Phi) is 4.25. The normalized spacial score (nSPS) is 30.9. The second-order valence-electron chi connectivity index (χ2n) is 9.06. The number of nitro groups is 3. The second-order valence-corrected chi connectivity index (χ2v) is 12.6. The van der Waals surface area contributed by atoms with E-state index in [1.165, 1.54) is 36.4 Å². The van der Waals surface area contributed by atoms with Crippen molar-refractivity contribution in [1.29, 1.82) is 0 Å². The maximum Gasteiger partial charge on any atom is 0.269 e. The molecule has 3 aromatic rings. The van der Waals surface area contributed by atoms with Crippen LogP contribution < -0.4 is 0 Å². The number of non-ortho nitro benzene ring substituents is 3. The van der Waals surface area contributed by atoms with E-state index in [0.29, 0.717) is 22.3 Å². The molecule has 35 heavy (non-hydrogen) atoms. The molecule has 6 rings (SSSR count). The van der Waals surface area contributed by atoms with Crippen LogP contribution in [0.3, 0.4) is 0 Å². The largest absolute Gasteiger partial charge is 0.269 e. The maximum absolute atomic E-state index is 11.7. The third-order valence-electron chi connectivity index (χ3n) is 7.94. The van der Waals surface area contributed by atoms with Gasteiger partial charge in [0.1, 0.15) is 0 Å². The van der Waals surface area contributed by atoms with E-state index in [0.717, 1.165) is 11.1 Å². The van der Waals surface area contributed by atoms with Crippen LogP contribution in [0.2, 0.25) is 0 Å². The van der Waals surface area contributed by atoms with Crippen LogP contribution in [0.1, 0.15) is 40.3 Å². The van der Waals surface area contributed by atoms with Crippen LogP contribution in [0.15, 0.2) is 54.6 Å². The second kappa shape index (κ2) is 6.54. The third-order valence-corrected chi connectivity index (χ3v) is 12.9. The fourth-order valence-electron chi connectivity index (χ4n) is 6.46. The van der Waals surface area contributed by atoms with Gasteiger partial charge >= 0.3 is 0 Å². The van der Waals surface area contributed by atoms with Gasteiger partial charge in [-0.05, 0) is 33.4 Å². The van der Waals surface area contributed by atoms with E-state index in [2.05, 4.69) is 47.8 Å². The molecule has 0 aromatic heterocycles. The molecule has 0 aliphatic heterocycles. The first-order valence-corrected chi connectivity index (χ1v) is 12.7.